The summed E-state index contributed by atoms with van der Waals surface area (Å²) in [4.78, 5) is 15.4. The van der Waals surface area contributed by atoms with E-state index < -0.39 is 5.97 Å². The molecule has 88 valence electrons. The number of nitrogens with zero attached hydrogens (tertiary/aromatic N) is 1. The van der Waals surface area contributed by atoms with Crippen molar-refractivity contribution < 1.29 is 14.6 Å². The Balaban J connectivity index is 2.44. The van der Waals surface area contributed by atoms with Gasteiger partial charge in [0.1, 0.15) is 5.01 Å². The van der Waals surface area contributed by atoms with Crippen molar-refractivity contribution in [3.05, 3.63) is 35.2 Å². The van der Waals surface area contributed by atoms with E-state index >= 15 is 0 Å². The van der Waals surface area contributed by atoms with Gasteiger partial charge in [0.15, 0.2) is 4.88 Å². The molecule has 0 spiro atoms. The Bertz CT molecular complexity index is 522. The molecule has 2 aromatic rings. The highest BCUT2D eigenvalue weighted by atomic mass is 32.1. The van der Waals surface area contributed by atoms with Crippen molar-refractivity contribution in [3.8, 4) is 16.5 Å². The van der Waals surface area contributed by atoms with Gasteiger partial charge in [0.25, 0.3) is 0 Å². The predicted octanol–water partition coefficient (Wildman–Crippen LogP) is 2.91. The minimum Gasteiger partial charge on any atom is -0.477 e. The van der Waals surface area contributed by atoms with E-state index in [0.29, 0.717) is 11.6 Å². The summed E-state index contributed by atoms with van der Waals surface area (Å²) in [6.45, 7) is 2.20. The lowest BCUT2D eigenvalue weighted by Gasteiger charge is -1.97. The van der Waals surface area contributed by atoms with Gasteiger partial charge < -0.3 is 9.84 Å². The zero-order valence-corrected chi connectivity index (χ0v) is 10.0. The molecule has 1 aromatic heterocycles. The molecular formula is C12H11NO3S. The molecule has 2 rings (SSSR count). The largest absolute Gasteiger partial charge is 0.477 e. The van der Waals surface area contributed by atoms with Gasteiger partial charge in [-0.1, -0.05) is 30.3 Å². The fourth-order valence-electron chi connectivity index (χ4n) is 1.38. The van der Waals surface area contributed by atoms with Gasteiger partial charge in [-0.25, -0.2) is 9.78 Å². The zero-order valence-electron chi connectivity index (χ0n) is 9.21. The summed E-state index contributed by atoms with van der Waals surface area (Å²) >= 11 is 1.12. The van der Waals surface area contributed by atoms with Crippen molar-refractivity contribution in [2.24, 2.45) is 0 Å². The van der Waals surface area contributed by atoms with Crippen LogP contribution in [-0.4, -0.2) is 22.7 Å². The van der Waals surface area contributed by atoms with E-state index in [1.165, 1.54) is 0 Å². The molecule has 1 N–H and O–H groups in total. The van der Waals surface area contributed by atoms with Crippen LogP contribution in [0.15, 0.2) is 30.3 Å². The summed E-state index contributed by atoms with van der Waals surface area (Å²) in [6, 6.07) is 9.45. The maximum absolute atomic E-state index is 11.0. The van der Waals surface area contributed by atoms with Gasteiger partial charge in [0, 0.05) is 5.56 Å². The van der Waals surface area contributed by atoms with Crippen molar-refractivity contribution in [2.75, 3.05) is 6.61 Å². The molecule has 0 radical (unpaired) electrons. The SMILES string of the molecule is CCOc1nc(-c2ccccc2)sc1C(=O)O. The van der Waals surface area contributed by atoms with E-state index in [2.05, 4.69) is 4.98 Å². The summed E-state index contributed by atoms with van der Waals surface area (Å²) in [7, 11) is 0. The first-order valence-electron chi connectivity index (χ1n) is 5.14. The van der Waals surface area contributed by atoms with E-state index in [-0.39, 0.29) is 10.8 Å². The van der Waals surface area contributed by atoms with Crippen LogP contribution >= 0.6 is 11.3 Å². The van der Waals surface area contributed by atoms with Gasteiger partial charge in [-0.15, -0.1) is 11.3 Å². The molecule has 0 unspecified atom stereocenters. The van der Waals surface area contributed by atoms with Crippen LogP contribution in [0.5, 0.6) is 5.88 Å². The average molecular weight is 249 g/mol. The summed E-state index contributed by atoms with van der Waals surface area (Å²) in [5.41, 5.74) is 0.894. The van der Waals surface area contributed by atoms with Crippen molar-refractivity contribution in [2.45, 2.75) is 6.92 Å². The topological polar surface area (TPSA) is 59.4 Å². The molecule has 5 heteroatoms. The summed E-state index contributed by atoms with van der Waals surface area (Å²) in [5, 5.41) is 9.70. The molecule has 1 aromatic carbocycles. The maximum Gasteiger partial charge on any atom is 0.351 e. The second-order valence-electron chi connectivity index (χ2n) is 3.26. The molecule has 17 heavy (non-hydrogen) atoms. The number of benzene rings is 1. The fourth-order valence-corrected chi connectivity index (χ4v) is 2.24. The lowest BCUT2D eigenvalue weighted by Crippen LogP contribution is -1.99. The van der Waals surface area contributed by atoms with Gasteiger partial charge in [-0.3, -0.25) is 0 Å². The molecule has 0 aliphatic carbocycles. The molecule has 1 heterocycles. The number of ether oxygens (including phenoxy) is 1. The van der Waals surface area contributed by atoms with Crippen LogP contribution < -0.4 is 4.74 Å². The third-order valence-corrected chi connectivity index (χ3v) is 3.17. The van der Waals surface area contributed by atoms with Gasteiger partial charge in [0.05, 0.1) is 6.61 Å². The second-order valence-corrected chi connectivity index (χ2v) is 4.26. The van der Waals surface area contributed by atoms with Gasteiger partial charge in [-0.2, -0.15) is 0 Å². The predicted molar refractivity (Wildman–Crippen MR) is 65.7 cm³/mol. The molecule has 0 saturated heterocycles. The molecule has 0 atom stereocenters. The van der Waals surface area contributed by atoms with Crippen molar-refractivity contribution >= 4 is 17.3 Å². The fraction of sp³-hybridized carbons (Fsp3) is 0.167. The molecule has 0 bridgehead atoms. The number of carboxylic acids is 1. The van der Waals surface area contributed by atoms with E-state index in [0.717, 1.165) is 16.9 Å². The molecular weight excluding hydrogens is 238 g/mol. The highest BCUT2D eigenvalue weighted by Gasteiger charge is 2.19. The minimum atomic E-state index is -1.01. The average Bonchev–Trinajstić information content (AvgIpc) is 2.75. The highest BCUT2D eigenvalue weighted by Crippen LogP contribution is 2.32. The number of aromatic nitrogens is 1. The van der Waals surface area contributed by atoms with Crippen LogP contribution in [0.3, 0.4) is 0 Å². The number of hydrogen-bond acceptors (Lipinski definition) is 4. The Morgan fingerprint density at radius 2 is 2.12 bits per heavy atom. The van der Waals surface area contributed by atoms with E-state index in [4.69, 9.17) is 9.84 Å². The molecule has 0 aliphatic rings. The van der Waals surface area contributed by atoms with Crippen LogP contribution in [0.1, 0.15) is 16.6 Å². The quantitative estimate of drug-likeness (QED) is 0.905. The summed E-state index contributed by atoms with van der Waals surface area (Å²) < 4.78 is 5.22. The van der Waals surface area contributed by atoms with Crippen LogP contribution in [-0.2, 0) is 0 Å². The van der Waals surface area contributed by atoms with Crippen molar-refractivity contribution in [1.29, 1.82) is 0 Å². The van der Waals surface area contributed by atoms with Crippen LogP contribution in [0.2, 0.25) is 0 Å². The summed E-state index contributed by atoms with van der Waals surface area (Å²) in [6.07, 6.45) is 0. The Hall–Kier alpha value is -1.88. The highest BCUT2D eigenvalue weighted by molar-refractivity contribution is 7.17. The Morgan fingerprint density at radius 3 is 2.71 bits per heavy atom. The Labute approximate surface area is 103 Å². The summed E-state index contributed by atoms with van der Waals surface area (Å²) in [5.74, 6) is -0.808. The standard InChI is InChI=1S/C12H11NO3S/c1-2-16-10-9(12(14)15)17-11(13-10)8-6-4-3-5-7-8/h3-7H,2H2,1H3,(H,14,15). The smallest absolute Gasteiger partial charge is 0.351 e. The molecule has 0 aliphatic heterocycles. The van der Waals surface area contributed by atoms with E-state index in [1.807, 2.05) is 30.3 Å². The van der Waals surface area contributed by atoms with Gasteiger partial charge >= 0.3 is 5.97 Å². The monoisotopic (exact) mass is 249 g/mol. The Kier molecular flexibility index (Phi) is 3.39. The normalized spacial score (nSPS) is 10.2. The van der Waals surface area contributed by atoms with Crippen LogP contribution in [0.4, 0.5) is 0 Å². The first kappa shape index (κ1) is 11.6. The number of carbonyl (C=O) groups is 1. The molecule has 0 fully saturated rings. The lowest BCUT2D eigenvalue weighted by molar-refractivity contribution is 0.0697. The third kappa shape index (κ3) is 2.45. The zero-order chi connectivity index (χ0) is 12.3. The molecule has 4 nitrogen and oxygen atoms in total. The van der Waals surface area contributed by atoms with Crippen molar-refractivity contribution in [1.82, 2.24) is 4.98 Å². The van der Waals surface area contributed by atoms with Gasteiger partial charge in [-0.05, 0) is 6.92 Å². The van der Waals surface area contributed by atoms with Crippen LogP contribution in [0, 0.1) is 0 Å². The number of aromatic carboxylic acids is 1. The molecule has 0 amide bonds. The Morgan fingerprint density at radius 1 is 1.41 bits per heavy atom. The number of carboxylic acid groups (broad SMARTS) is 1. The third-order valence-electron chi connectivity index (χ3n) is 2.09. The van der Waals surface area contributed by atoms with Crippen LogP contribution in [0.25, 0.3) is 10.6 Å². The van der Waals surface area contributed by atoms with E-state index in [1.54, 1.807) is 6.92 Å². The first-order valence-corrected chi connectivity index (χ1v) is 5.96. The maximum atomic E-state index is 11.0. The van der Waals surface area contributed by atoms with Crippen molar-refractivity contribution in [3.63, 3.8) is 0 Å². The first-order chi connectivity index (χ1) is 8.22. The second kappa shape index (κ2) is 4.97. The number of rotatable bonds is 4. The number of thiazole rings is 1. The molecule has 0 saturated carbocycles. The lowest BCUT2D eigenvalue weighted by atomic mass is 10.2. The minimum absolute atomic E-state index is 0.144. The number of hydrogen-bond donors (Lipinski definition) is 1. The van der Waals surface area contributed by atoms with Gasteiger partial charge in [0.2, 0.25) is 5.88 Å². The van der Waals surface area contributed by atoms with E-state index in [9.17, 15) is 4.79 Å².